The number of benzene rings is 1. The molecule has 0 unspecified atom stereocenters. The predicted octanol–water partition coefficient (Wildman–Crippen LogP) is 2.65. The second kappa shape index (κ2) is 3.68. The number of aromatic hydroxyl groups is 1. The highest BCUT2D eigenvalue weighted by atomic mass is 19.3. The van der Waals surface area contributed by atoms with E-state index in [9.17, 15) is 18.7 Å². The third kappa shape index (κ3) is 1.70. The fourth-order valence-electron chi connectivity index (χ4n) is 1.71. The van der Waals surface area contributed by atoms with Crippen molar-refractivity contribution in [1.82, 2.24) is 0 Å². The molecule has 0 aliphatic heterocycles. The van der Waals surface area contributed by atoms with Crippen molar-refractivity contribution < 1.29 is 18.7 Å². The molecule has 1 aliphatic carbocycles. The van der Waals surface area contributed by atoms with Gasteiger partial charge < -0.3 is 5.11 Å². The molecule has 3 nitrogen and oxygen atoms in total. The van der Waals surface area contributed by atoms with Crippen LogP contribution in [0.5, 0.6) is 5.75 Å². The summed E-state index contributed by atoms with van der Waals surface area (Å²) in [6.45, 7) is 0. The second-order valence-corrected chi connectivity index (χ2v) is 3.81. The third-order valence-electron chi connectivity index (χ3n) is 2.76. The molecule has 84 valence electrons. The van der Waals surface area contributed by atoms with Crippen LogP contribution in [-0.4, -0.2) is 11.2 Å². The van der Waals surface area contributed by atoms with E-state index in [4.69, 9.17) is 0 Å². The molecule has 0 saturated heterocycles. The lowest BCUT2D eigenvalue weighted by Gasteiger charge is -2.12. The van der Waals surface area contributed by atoms with Gasteiger partial charge in [0.1, 0.15) is 11.3 Å². The van der Waals surface area contributed by atoms with Gasteiger partial charge in [-0.3, -0.25) is 0 Å². The smallest absolute Gasteiger partial charge is 0.263 e. The summed E-state index contributed by atoms with van der Waals surface area (Å²) in [4.78, 5) is 13.8. The van der Waals surface area contributed by atoms with Crippen molar-refractivity contribution >= 4 is 6.08 Å². The molecule has 1 N–H and O–H groups in total. The Hall–Kier alpha value is -1.74. The molecule has 0 amide bonds. The summed E-state index contributed by atoms with van der Waals surface area (Å²) in [6, 6.07) is 3.56. The van der Waals surface area contributed by atoms with Gasteiger partial charge in [0.2, 0.25) is 6.08 Å². The van der Waals surface area contributed by atoms with Gasteiger partial charge in [-0.15, -0.1) is 0 Å². The Bertz CT molecular complexity index is 463. The molecule has 0 aromatic heterocycles. The van der Waals surface area contributed by atoms with Gasteiger partial charge >= 0.3 is 0 Å². The molecule has 1 aromatic carbocycles. The molecular weight excluding hydrogens is 216 g/mol. The lowest BCUT2D eigenvalue weighted by atomic mass is 10.0. The Morgan fingerprint density at radius 3 is 2.62 bits per heavy atom. The van der Waals surface area contributed by atoms with Crippen molar-refractivity contribution in [3.05, 3.63) is 29.3 Å². The van der Waals surface area contributed by atoms with E-state index in [1.54, 1.807) is 0 Å². The fraction of sp³-hybridized carbons (Fsp3) is 0.364. The van der Waals surface area contributed by atoms with Crippen molar-refractivity contribution in [2.45, 2.75) is 24.8 Å². The summed E-state index contributed by atoms with van der Waals surface area (Å²) in [5.41, 5.74) is -0.717. The van der Waals surface area contributed by atoms with Crippen molar-refractivity contribution in [3.63, 3.8) is 0 Å². The Labute approximate surface area is 90.4 Å². The number of alkyl halides is 2. The third-order valence-corrected chi connectivity index (χ3v) is 2.76. The maximum absolute atomic E-state index is 12.5. The quantitative estimate of drug-likeness (QED) is 0.635. The molecule has 1 fully saturated rings. The zero-order valence-corrected chi connectivity index (χ0v) is 8.28. The topological polar surface area (TPSA) is 49.7 Å². The monoisotopic (exact) mass is 225 g/mol. The molecule has 0 spiro atoms. The molecular formula is C11H9F2NO2. The van der Waals surface area contributed by atoms with Crippen LogP contribution in [0.15, 0.2) is 23.2 Å². The molecule has 0 atom stereocenters. The molecule has 5 heteroatoms. The fourth-order valence-corrected chi connectivity index (χ4v) is 1.71. The average Bonchev–Trinajstić information content (AvgIpc) is 2.99. The van der Waals surface area contributed by atoms with Gasteiger partial charge in [-0.05, 0) is 31.0 Å². The first-order valence-corrected chi connectivity index (χ1v) is 4.80. The maximum atomic E-state index is 12.5. The van der Waals surface area contributed by atoms with E-state index in [-0.39, 0.29) is 16.9 Å². The van der Waals surface area contributed by atoms with Crippen LogP contribution >= 0.6 is 0 Å². The van der Waals surface area contributed by atoms with Crippen LogP contribution in [-0.2, 0) is 10.3 Å². The molecule has 1 saturated carbocycles. The molecule has 1 aromatic rings. The lowest BCUT2D eigenvalue weighted by Crippen LogP contribution is -2.03. The maximum Gasteiger partial charge on any atom is 0.263 e. The summed E-state index contributed by atoms with van der Waals surface area (Å²) in [6.07, 6.45) is -0.0364. The van der Waals surface area contributed by atoms with Gasteiger partial charge in [-0.2, -0.15) is 4.99 Å². The number of isocyanates is 1. The number of aliphatic imine (C=N–C) groups is 1. The van der Waals surface area contributed by atoms with Crippen molar-refractivity contribution in [3.8, 4) is 5.75 Å². The van der Waals surface area contributed by atoms with Crippen LogP contribution in [0.1, 0.15) is 30.4 Å². The first-order chi connectivity index (χ1) is 7.59. The van der Waals surface area contributed by atoms with Crippen molar-refractivity contribution in [2.75, 3.05) is 0 Å². The van der Waals surface area contributed by atoms with Gasteiger partial charge in [0.05, 0.1) is 0 Å². The first-order valence-electron chi connectivity index (χ1n) is 4.80. The van der Waals surface area contributed by atoms with Crippen LogP contribution in [0.2, 0.25) is 0 Å². The van der Waals surface area contributed by atoms with Gasteiger partial charge in [-0.25, -0.2) is 13.6 Å². The number of hydrogen-bond acceptors (Lipinski definition) is 3. The number of hydrogen-bond donors (Lipinski definition) is 1. The normalized spacial score (nSPS) is 16.9. The minimum atomic E-state index is -2.60. The molecule has 16 heavy (non-hydrogen) atoms. The SMILES string of the molecule is O=C=NC1(c2cc(C(F)F)ccc2O)CC1. The summed E-state index contributed by atoms with van der Waals surface area (Å²) in [5, 5.41) is 9.58. The Morgan fingerprint density at radius 1 is 1.44 bits per heavy atom. The van der Waals surface area contributed by atoms with E-state index >= 15 is 0 Å². The largest absolute Gasteiger partial charge is 0.508 e. The first kappa shape index (κ1) is 10.8. The molecule has 2 rings (SSSR count). The predicted molar refractivity (Wildman–Crippen MR) is 52.1 cm³/mol. The minimum Gasteiger partial charge on any atom is -0.508 e. The van der Waals surface area contributed by atoms with E-state index in [1.165, 1.54) is 18.2 Å². The number of rotatable bonds is 3. The highest BCUT2D eigenvalue weighted by Crippen LogP contribution is 2.52. The standard InChI is InChI=1S/C11H9F2NO2/c12-10(13)7-1-2-9(16)8(5-7)11(3-4-11)14-6-15/h1-2,5,10,16H,3-4H2. The minimum absolute atomic E-state index is 0.110. The molecule has 0 bridgehead atoms. The van der Waals surface area contributed by atoms with E-state index in [0.717, 1.165) is 6.07 Å². The van der Waals surface area contributed by atoms with Gasteiger partial charge in [-0.1, -0.05) is 0 Å². The number of halogens is 2. The van der Waals surface area contributed by atoms with Crippen LogP contribution in [0.3, 0.4) is 0 Å². The van der Waals surface area contributed by atoms with Gasteiger partial charge in [0.25, 0.3) is 6.43 Å². The number of nitrogens with zero attached hydrogens (tertiary/aromatic N) is 1. The second-order valence-electron chi connectivity index (χ2n) is 3.81. The molecule has 1 aliphatic rings. The summed E-state index contributed by atoms with van der Waals surface area (Å²) < 4.78 is 25.0. The van der Waals surface area contributed by atoms with Gasteiger partial charge in [0.15, 0.2) is 0 Å². The van der Waals surface area contributed by atoms with Crippen molar-refractivity contribution in [2.24, 2.45) is 4.99 Å². The van der Waals surface area contributed by atoms with E-state index in [2.05, 4.69) is 4.99 Å². The van der Waals surface area contributed by atoms with Crippen LogP contribution in [0.25, 0.3) is 0 Å². The number of carbonyl (C=O) groups excluding carboxylic acids is 1. The zero-order chi connectivity index (χ0) is 11.8. The van der Waals surface area contributed by atoms with Crippen LogP contribution < -0.4 is 0 Å². The Balaban J connectivity index is 2.47. The highest BCUT2D eigenvalue weighted by molar-refractivity contribution is 5.48. The number of phenols is 1. The van der Waals surface area contributed by atoms with Gasteiger partial charge in [0, 0.05) is 11.1 Å². The number of phenolic OH excluding ortho intramolecular Hbond substituents is 1. The highest BCUT2D eigenvalue weighted by Gasteiger charge is 2.46. The molecule has 0 heterocycles. The van der Waals surface area contributed by atoms with Crippen LogP contribution in [0, 0.1) is 0 Å². The summed E-state index contributed by atoms with van der Waals surface area (Å²) in [7, 11) is 0. The summed E-state index contributed by atoms with van der Waals surface area (Å²) in [5.74, 6) is -0.110. The van der Waals surface area contributed by atoms with E-state index in [0.29, 0.717) is 12.8 Å². The van der Waals surface area contributed by atoms with Crippen LogP contribution in [0.4, 0.5) is 8.78 Å². The Kier molecular flexibility index (Phi) is 2.48. The van der Waals surface area contributed by atoms with Crippen molar-refractivity contribution in [1.29, 1.82) is 0 Å². The lowest BCUT2D eigenvalue weighted by molar-refractivity contribution is 0.151. The van der Waals surface area contributed by atoms with E-state index in [1.807, 2.05) is 0 Å². The zero-order valence-electron chi connectivity index (χ0n) is 8.28. The Morgan fingerprint density at radius 2 is 2.12 bits per heavy atom. The molecule has 0 radical (unpaired) electrons. The van der Waals surface area contributed by atoms with E-state index < -0.39 is 12.0 Å². The summed E-state index contributed by atoms with van der Waals surface area (Å²) >= 11 is 0. The average molecular weight is 225 g/mol.